The standard InChI is InChI=1S/C43H48N4O6/c48-38-17-14-34(35-15-18-41(50)46-42(35)38)39(49)27-44-22-19-29-9-12-33(13-10-29)52-25-5-4-6-30-11-16-37(36(26-30)31-7-2-1-3-8-31)45-43(51)53-40-28-47-23-20-32(40)21-24-47/h1-3,7-18,26,32,39-40,44,48-49H,4-6,19-25,27-28H2,(H,45,51)(H,46,50)/t39-,40-/m0/s1. The van der Waals surface area contributed by atoms with Crippen LogP contribution in [0, 0.1) is 5.92 Å². The number of aromatic amines is 1. The number of ether oxygens (including phenoxy) is 2. The molecule has 2 bridgehead atoms. The molecular formula is C43H48N4O6. The van der Waals surface area contributed by atoms with Crippen LogP contribution in [0.4, 0.5) is 10.5 Å². The number of piperidine rings is 3. The van der Waals surface area contributed by atoms with Gasteiger partial charge in [-0.3, -0.25) is 15.0 Å². The lowest BCUT2D eigenvalue weighted by Gasteiger charge is -2.43. The molecule has 1 aromatic heterocycles. The summed E-state index contributed by atoms with van der Waals surface area (Å²) < 4.78 is 12.0. The van der Waals surface area contributed by atoms with Gasteiger partial charge in [0.1, 0.15) is 17.6 Å². The van der Waals surface area contributed by atoms with Crippen molar-refractivity contribution in [2.45, 2.75) is 50.7 Å². The van der Waals surface area contributed by atoms with E-state index in [9.17, 15) is 19.8 Å². The zero-order chi connectivity index (χ0) is 36.6. The van der Waals surface area contributed by atoms with Crippen LogP contribution in [-0.2, 0) is 17.6 Å². The number of aliphatic hydroxyl groups excluding tert-OH is 1. The molecule has 10 heteroatoms. The minimum atomic E-state index is -0.794. The quantitative estimate of drug-likeness (QED) is 0.0746. The Bertz CT molecular complexity index is 2040. The number of nitrogens with one attached hydrogen (secondary N) is 3. The lowest BCUT2D eigenvalue weighted by Crippen LogP contribution is -2.52. The van der Waals surface area contributed by atoms with E-state index in [0.717, 1.165) is 86.3 Å². The Balaban J connectivity index is 0.840. The van der Waals surface area contributed by atoms with Gasteiger partial charge in [-0.25, -0.2) is 4.79 Å². The normalized spacial score (nSPS) is 18.5. The van der Waals surface area contributed by atoms with Gasteiger partial charge in [0.15, 0.2) is 0 Å². The second-order valence-electron chi connectivity index (χ2n) is 14.2. The molecule has 53 heavy (non-hydrogen) atoms. The van der Waals surface area contributed by atoms with Gasteiger partial charge in [0.25, 0.3) is 0 Å². The summed E-state index contributed by atoms with van der Waals surface area (Å²) in [5, 5.41) is 27.9. The number of aliphatic hydroxyl groups is 1. The molecule has 4 aromatic carbocycles. The summed E-state index contributed by atoms with van der Waals surface area (Å²) in [7, 11) is 0. The Morgan fingerprint density at radius 2 is 1.70 bits per heavy atom. The molecule has 3 fully saturated rings. The Morgan fingerprint density at radius 1 is 0.906 bits per heavy atom. The summed E-state index contributed by atoms with van der Waals surface area (Å²) in [5.74, 6) is 1.27. The number of carbonyl (C=O) groups is 1. The number of aromatic hydroxyl groups is 1. The largest absolute Gasteiger partial charge is 0.506 e. The highest BCUT2D eigenvalue weighted by Gasteiger charge is 2.36. The van der Waals surface area contributed by atoms with Crippen molar-refractivity contribution in [1.29, 1.82) is 0 Å². The van der Waals surface area contributed by atoms with Crippen molar-refractivity contribution in [1.82, 2.24) is 15.2 Å². The third-order valence-electron chi connectivity index (χ3n) is 10.5. The molecule has 276 valence electrons. The number of phenolic OH excluding ortho intramolecular Hbond substituents is 1. The molecule has 2 atom stereocenters. The molecule has 1 amide bonds. The number of phenols is 1. The van der Waals surface area contributed by atoms with Crippen LogP contribution in [0.5, 0.6) is 11.5 Å². The maximum absolute atomic E-state index is 13.0. The van der Waals surface area contributed by atoms with Crippen LogP contribution in [0.15, 0.2) is 102 Å². The zero-order valence-electron chi connectivity index (χ0n) is 29.9. The zero-order valence-corrected chi connectivity index (χ0v) is 29.9. The Morgan fingerprint density at radius 3 is 2.47 bits per heavy atom. The van der Waals surface area contributed by atoms with Crippen LogP contribution in [0.3, 0.4) is 0 Å². The van der Waals surface area contributed by atoms with E-state index in [0.29, 0.717) is 42.1 Å². The van der Waals surface area contributed by atoms with Crippen molar-refractivity contribution in [3.8, 4) is 22.6 Å². The van der Waals surface area contributed by atoms with E-state index in [1.54, 1.807) is 12.1 Å². The van der Waals surface area contributed by atoms with E-state index in [1.165, 1.54) is 17.7 Å². The second kappa shape index (κ2) is 17.1. The molecule has 3 saturated heterocycles. The monoisotopic (exact) mass is 716 g/mol. The smallest absolute Gasteiger partial charge is 0.411 e. The molecule has 0 aliphatic carbocycles. The van der Waals surface area contributed by atoms with Gasteiger partial charge in [-0.2, -0.15) is 0 Å². The van der Waals surface area contributed by atoms with Crippen LogP contribution in [0.1, 0.15) is 48.5 Å². The summed E-state index contributed by atoms with van der Waals surface area (Å²) >= 11 is 0. The summed E-state index contributed by atoms with van der Waals surface area (Å²) in [5.41, 5.74) is 5.82. The number of rotatable bonds is 15. The second-order valence-corrected chi connectivity index (χ2v) is 14.2. The number of benzene rings is 4. The number of anilines is 1. The van der Waals surface area contributed by atoms with Crippen LogP contribution < -0.4 is 20.9 Å². The molecule has 0 unspecified atom stereocenters. The van der Waals surface area contributed by atoms with E-state index in [4.69, 9.17) is 9.47 Å². The van der Waals surface area contributed by atoms with E-state index in [1.807, 2.05) is 36.4 Å². The minimum absolute atomic E-state index is 0.0257. The topological polar surface area (TPSA) is 136 Å². The first-order chi connectivity index (χ1) is 25.9. The molecular weight excluding hydrogens is 668 g/mol. The van der Waals surface area contributed by atoms with E-state index in [2.05, 4.69) is 56.9 Å². The summed E-state index contributed by atoms with van der Waals surface area (Å²) in [4.78, 5) is 29.7. The lowest BCUT2D eigenvalue weighted by molar-refractivity contribution is -0.0289. The molecule has 0 radical (unpaired) electrons. The lowest BCUT2D eigenvalue weighted by atomic mass is 9.86. The first-order valence-corrected chi connectivity index (χ1v) is 18.7. The number of carbonyl (C=O) groups excluding carboxylic acids is 1. The van der Waals surface area contributed by atoms with Crippen molar-refractivity contribution in [2.75, 3.05) is 44.6 Å². The number of fused-ring (bicyclic) bond motifs is 4. The fourth-order valence-electron chi connectivity index (χ4n) is 7.54. The highest BCUT2D eigenvalue weighted by molar-refractivity contribution is 5.92. The highest BCUT2D eigenvalue weighted by atomic mass is 16.6. The number of amides is 1. The first kappa shape index (κ1) is 36.2. The Hall–Kier alpha value is -5.16. The van der Waals surface area contributed by atoms with Crippen LogP contribution in [0.2, 0.25) is 0 Å². The molecule has 5 N–H and O–H groups in total. The number of unbranched alkanes of at least 4 members (excludes halogenated alkanes) is 1. The molecule has 8 rings (SSSR count). The van der Waals surface area contributed by atoms with E-state index < -0.39 is 6.10 Å². The Labute approximate surface area is 309 Å². The molecule has 0 saturated carbocycles. The van der Waals surface area contributed by atoms with Gasteiger partial charge in [0.05, 0.1) is 23.9 Å². The molecule has 3 aliphatic heterocycles. The van der Waals surface area contributed by atoms with Crippen molar-refractivity contribution < 1.29 is 24.5 Å². The SMILES string of the molecule is O=C(Nc1ccc(CCCCOc2ccc(CCNC[C@H](O)c3ccc(O)c4[nH]c(=O)ccc34)cc2)cc1-c1ccccc1)O[C@H]1CN2CCC1CC2. The highest BCUT2D eigenvalue weighted by Crippen LogP contribution is 2.33. The van der Waals surface area contributed by atoms with Gasteiger partial charge in [-0.15, -0.1) is 0 Å². The van der Waals surface area contributed by atoms with Crippen molar-refractivity contribution in [2.24, 2.45) is 5.92 Å². The van der Waals surface area contributed by atoms with Gasteiger partial charge >= 0.3 is 6.09 Å². The van der Waals surface area contributed by atoms with Crippen molar-refractivity contribution >= 4 is 22.7 Å². The summed E-state index contributed by atoms with van der Waals surface area (Å²) in [6, 6.07) is 30.7. The van der Waals surface area contributed by atoms with Crippen LogP contribution in [-0.4, -0.2) is 71.6 Å². The van der Waals surface area contributed by atoms with E-state index in [-0.39, 0.29) is 23.5 Å². The number of pyridine rings is 1. The van der Waals surface area contributed by atoms with Gasteiger partial charge < -0.3 is 30.0 Å². The summed E-state index contributed by atoms with van der Waals surface area (Å²) in [6.45, 7) is 4.68. The van der Waals surface area contributed by atoms with Gasteiger partial charge in [0.2, 0.25) is 5.56 Å². The molecule has 10 nitrogen and oxygen atoms in total. The number of H-pyrrole nitrogens is 1. The maximum Gasteiger partial charge on any atom is 0.411 e. The van der Waals surface area contributed by atoms with Crippen molar-refractivity contribution in [3.63, 3.8) is 0 Å². The number of hydrogen-bond donors (Lipinski definition) is 5. The van der Waals surface area contributed by atoms with Crippen molar-refractivity contribution in [3.05, 3.63) is 124 Å². The fourth-order valence-corrected chi connectivity index (χ4v) is 7.54. The summed E-state index contributed by atoms with van der Waals surface area (Å²) in [6.07, 6.45) is 4.55. The first-order valence-electron chi connectivity index (χ1n) is 18.7. The van der Waals surface area contributed by atoms with Gasteiger partial charge in [0, 0.05) is 30.1 Å². The van der Waals surface area contributed by atoms with Crippen LogP contribution >= 0.6 is 0 Å². The molecule has 0 spiro atoms. The predicted octanol–water partition coefficient (Wildman–Crippen LogP) is 6.81. The molecule has 5 aromatic rings. The third-order valence-corrected chi connectivity index (χ3v) is 10.5. The predicted molar refractivity (Wildman–Crippen MR) is 208 cm³/mol. The number of hydrogen-bond acceptors (Lipinski definition) is 8. The Kier molecular flexibility index (Phi) is 11.7. The minimum Gasteiger partial charge on any atom is -0.506 e. The average Bonchev–Trinajstić information content (AvgIpc) is 3.18. The average molecular weight is 717 g/mol. The van der Waals surface area contributed by atoms with Gasteiger partial charge in [-0.05, 0) is 123 Å². The molecule has 4 heterocycles. The molecule has 3 aliphatic rings. The number of aryl methyl sites for hydroxylation is 1. The maximum atomic E-state index is 13.0. The van der Waals surface area contributed by atoms with Gasteiger partial charge in [-0.1, -0.05) is 54.6 Å². The number of aromatic nitrogens is 1. The third kappa shape index (κ3) is 9.26. The van der Waals surface area contributed by atoms with E-state index >= 15 is 0 Å². The van der Waals surface area contributed by atoms with Crippen LogP contribution in [0.25, 0.3) is 22.0 Å². The fraction of sp³-hybridized carbons (Fsp3) is 0.349. The number of nitrogens with zero attached hydrogens (tertiary/aromatic N) is 1.